The van der Waals surface area contributed by atoms with E-state index in [1.165, 1.54) is 73.0 Å². The Morgan fingerprint density at radius 1 is 0.403 bits per heavy atom. The summed E-state index contributed by atoms with van der Waals surface area (Å²) in [5.74, 6) is -3.15. The Kier molecular flexibility index (Phi) is 14.9. The van der Waals surface area contributed by atoms with Gasteiger partial charge in [-0.1, -0.05) is 0 Å². The molecule has 1 unspecified atom stereocenters. The van der Waals surface area contributed by atoms with E-state index in [9.17, 15) is 29.1 Å². The molecule has 7 N–H and O–H groups in total. The van der Waals surface area contributed by atoms with Crippen LogP contribution in [0.4, 0.5) is 56.9 Å². The molecule has 5 aromatic rings. The normalized spacial score (nSPS) is 11.0. The molecule has 0 aliphatic heterocycles. The van der Waals surface area contributed by atoms with Gasteiger partial charge in [0.1, 0.15) is 0 Å². The summed E-state index contributed by atoms with van der Waals surface area (Å²) in [5, 5.41) is 29.5. The van der Waals surface area contributed by atoms with E-state index >= 15 is 0 Å². The van der Waals surface area contributed by atoms with Crippen LogP contribution in [0.1, 0.15) is 63.6 Å². The van der Waals surface area contributed by atoms with Crippen molar-refractivity contribution in [2.75, 3.05) is 88.7 Å². The lowest BCUT2D eigenvalue weighted by molar-refractivity contribution is -0.0764. The van der Waals surface area contributed by atoms with Gasteiger partial charge in [-0.15, -0.1) is 0 Å². The zero-order valence-electron chi connectivity index (χ0n) is 35.1. The molecule has 0 bridgehead atoms. The van der Waals surface area contributed by atoms with E-state index in [1.54, 1.807) is 68.7 Å². The predicted octanol–water partition coefficient (Wildman–Crippen LogP) is 7.31. The Labute approximate surface area is 356 Å². The zero-order valence-corrected chi connectivity index (χ0v) is 35.1. The number of aliphatic hydroxyl groups excluding tert-OH is 1. The quantitative estimate of drug-likeness (QED) is 0.0276. The lowest BCUT2D eigenvalue weighted by Gasteiger charge is -2.21. The number of anilines is 10. The first-order chi connectivity index (χ1) is 29.8. The molecule has 0 aliphatic carbocycles. The number of ether oxygens (including phenoxy) is 6. The van der Waals surface area contributed by atoms with Gasteiger partial charge >= 0.3 is 29.8 Å². The fourth-order valence-corrected chi connectivity index (χ4v) is 6.27. The number of aliphatic hydroxyl groups is 1. The largest absolute Gasteiger partial charge is 0.465 e. The molecular formula is C44H46N6O12. The van der Waals surface area contributed by atoms with Crippen LogP contribution in [0, 0.1) is 0 Å². The van der Waals surface area contributed by atoms with Crippen LogP contribution in [0.15, 0.2) is 84.9 Å². The van der Waals surface area contributed by atoms with E-state index in [2.05, 4.69) is 31.9 Å². The SMILES string of the molecule is CNc1cc(C(=O)OC)c(Nc2ccc(Nc3cc(C(O)OC)c(Nc4ccc(Nc5cc(C(=O)OC)c(NC)cc5C(=O)OC)cc4)cc3C(=O)OC)cc2)cc1C(=O)OC. The molecular weight excluding hydrogens is 805 g/mol. The lowest BCUT2D eigenvalue weighted by atomic mass is 10.0. The second-order valence-electron chi connectivity index (χ2n) is 13.1. The molecule has 1 atom stereocenters. The van der Waals surface area contributed by atoms with Crippen LogP contribution < -0.4 is 31.9 Å². The molecule has 324 valence electrons. The smallest absolute Gasteiger partial charge is 0.340 e. The van der Waals surface area contributed by atoms with E-state index in [1.807, 2.05) is 0 Å². The van der Waals surface area contributed by atoms with Crippen LogP contribution in [0.25, 0.3) is 0 Å². The summed E-state index contributed by atoms with van der Waals surface area (Å²) in [4.78, 5) is 63.6. The van der Waals surface area contributed by atoms with Crippen molar-refractivity contribution in [1.82, 2.24) is 0 Å². The first kappa shape index (κ1) is 45.3. The van der Waals surface area contributed by atoms with E-state index < -0.39 is 36.1 Å². The minimum absolute atomic E-state index is 0.118. The highest BCUT2D eigenvalue weighted by atomic mass is 16.6. The Morgan fingerprint density at radius 3 is 0.919 bits per heavy atom. The number of hydrogen-bond donors (Lipinski definition) is 7. The highest BCUT2D eigenvalue weighted by molar-refractivity contribution is 6.05. The van der Waals surface area contributed by atoms with Crippen LogP contribution in [0.2, 0.25) is 0 Å². The van der Waals surface area contributed by atoms with Gasteiger partial charge in [0.25, 0.3) is 0 Å². The van der Waals surface area contributed by atoms with Gasteiger partial charge in [0.05, 0.1) is 80.4 Å². The van der Waals surface area contributed by atoms with E-state index in [0.29, 0.717) is 51.2 Å². The fourth-order valence-electron chi connectivity index (χ4n) is 6.27. The maximum Gasteiger partial charge on any atom is 0.340 e. The third-order valence-electron chi connectivity index (χ3n) is 9.45. The number of esters is 5. The summed E-state index contributed by atoms with van der Waals surface area (Å²) in [6, 6.07) is 22.7. The average Bonchev–Trinajstić information content (AvgIpc) is 3.31. The number of nitrogens with one attached hydrogen (secondary N) is 6. The molecule has 0 aromatic heterocycles. The number of methoxy groups -OCH3 is 6. The molecule has 18 nitrogen and oxygen atoms in total. The summed E-state index contributed by atoms with van der Waals surface area (Å²) in [6.07, 6.45) is -1.42. The Hall–Kier alpha value is -7.83. The molecule has 62 heavy (non-hydrogen) atoms. The molecule has 0 heterocycles. The molecule has 0 spiro atoms. The maximum atomic E-state index is 13.2. The second kappa shape index (κ2) is 20.4. The van der Waals surface area contributed by atoms with Gasteiger partial charge in [-0.05, 0) is 84.9 Å². The van der Waals surface area contributed by atoms with Gasteiger partial charge < -0.3 is 65.4 Å². The highest BCUT2D eigenvalue weighted by Gasteiger charge is 2.24. The first-order valence-electron chi connectivity index (χ1n) is 18.6. The van der Waals surface area contributed by atoms with Crippen molar-refractivity contribution in [3.8, 4) is 0 Å². The Morgan fingerprint density at radius 2 is 0.645 bits per heavy atom. The minimum atomic E-state index is -1.42. The summed E-state index contributed by atoms with van der Waals surface area (Å²) >= 11 is 0. The van der Waals surface area contributed by atoms with Gasteiger partial charge in [-0.2, -0.15) is 0 Å². The zero-order chi connectivity index (χ0) is 45.1. The molecule has 0 aliphatic rings. The van der Waals surface area contributed by atoms with E-state index in [4.69, 9.17) is 28.4 Å². The molecule has 0 fully saturated rings. The van der Waals surface area contributed by atoms with Crippen molar-refractivity contribution in [2.45, 2.75) is 6.29 Å². The van der Waals surface area contributed by atoms with Crippen LogP contribution in [0.3, 0.4) is 0 Å². The van der Waals surface area contributed by atoms with Crippen molar-refractivity contribution in [3.63, 3.8) is 0 Å². The number of benzene rings is 5. The summed E-state index contributed by atoms with van der Waals surface area (Å²) in [7, 11) is 10.8. The van der Waals surface area contributed by atoms with Crippen molar-refractivity contribution >= 4 is 86.7 Å². The standard InChI is InChI=1S/C44H46N6O12/c1-45-33-17-29(41(53)59-5)35(19-27(33)39(51)57-3)47-23-9-13-25(14-10-23)49-37-21-32(44(56)62-8)38(22-31(37)43(55)61-7)50-26-15-11-24(12-16-26)48-36-20-28(40(52)58-4)34(46-2)18-30(36)42(54)60-6/h9-22,43,45-50,55H,1-8H3. The fraction of sp³-hybridized carbons (Fsp3) is 0.205. The van der Waals surface area contributed by atoms with Gasteiger partial charge in [0.15, 0.2) is 6.29 Å². The maximum absolute atomic E-state index is 13.2. The minimum Gasteiger partial charge on any atom is -0.465 e. The van der Waals surface area contributed by atoms with Crippen molar-refractivity contribution < 1.29 is 57.5 Å². The Bertz CT molecular complexity index is 2470. The number of rotatable bonds is 17. The van der Waals surface area contributed by atoms with Crippen molar-refractivity contribution in [1.29, 1.82) is 0 Å². The van der Waals surface area contributed by atoms with Crippen molar-refractivity contribution in [2.24, 2.45) is 0 Å². The molecule has 0 amide bonds. The average molecular weight is 851 g/mol. The first-order valence-corrected chi connectivity index (χ1v) is 18.6. The summed E-state index contributed by atoms with van der Waals surface area (Å²) in [6.45, 7) is 0. The summed E-state index contributed by atoms with van der Waals surface area (Å²) in [5.41, 5.74) is 5.20. The van der Waals surface area contributed by atoms with Crippen LogP contribution in [0.5, 0.6) is 0 Å². The van der Waals surface area contributed by atoms with Crippen molar-refractivity contribution in [3.05, 3.63) is 118 Å². The lowest BCUT2D eigenvalue weighted by Crippen LogP contribution is -2.12. The van der Waals surface area contributed by atoms with Crippen LogP contribution in [-0.4, -0.2) is 91.7 Å². The van der Waals surface area contributed by atoms with E-state index in [-0.39, 0.29) is 39.1 Å². The van der Waals surface area contributed by atoms with Gasteiger partial charge in [-0.25, -0.2) is 24.0 Å². The second-order valence-corrected chi connectivity index (χ2v) is 13.1. The van der Waals surface area contributed by atoms with E-state index in [0.717, 1.165) is 0 Å². The van der Waals surface area contributed by atoms with Crippen LogP contribution >= 0.6 is 0 Å². The number of carbonyl (C=O) groups is 5. The molecule has 0 saturated heterocycles. The number of carbonyl (C=O) groups excluding carboxylic acids is 5. The molecule has 0 saturated carbocycles. The molecule has 5 rings (SSSR count). The van der Waals surface area contributed by atoms with Crippen LogP contribution in [-0.2, 0) is 28.4 Å². The third-order valence-corrected chi connectivity index (χ3v) is 9.45. The van der Waals surface area contributed by atoms with Gasteiger partial charge in [0.2, 0.25) is 0 Å². The summed E-state index contributed by atoms with van der Waals surface area (Å²) < 4.78 is 30.2. The van der Waals surface area contributed by atoms with Gasteiger partial charge in [-0.3, -0.25) is 0 Å². The number of hydrogen-bond acceptors (Lipinski definition) is 18. The third kappa shape index (κ3) is 10.1. The molecule has 18 heteroatoms. The molecule has 5 aromatic carbocycles. The topological polar surface area (TPSA) is 233 Å². The highest BCUT2D eigenvalue weighted by Crippen LogP contribution is 2.36. The molecule has 0 radical (unpaired) electrons. The predicted molar refractivity (Wildman–Crippen MR) is 233 cm³/mol. The Balaban J connectivity index is 1.43. The van der Waals surface area contributed by atoms with Gasteiger partial charge in [0, 0.05) is 66.6 Å². The monoisotopic (exact) mass is 850 g/mol.